The van der Waals surface area contributed by atoms with Crippen molar-refractivity contribution in [1.29, 1.82) is 0 Å². The number of nitrogens with zero attached hydrogens (tertiary/aromatic N) is 2. The molecule has 0 radical (unpaired) electrons. The number of hydrogen-bond donors (Lipinski definition) is 0. The van der Waals surface area contributed by atoms with E-state index in [2.05, 4.69) is 10.9 Å². The number of amides is 1. The van der Waals surface area contributed by atoms with Gasteiger partial charge in [-0.1, -0.05) is 34.9 Å². The molecule has 0 aliphatic rings. The Bertz CT molecular complexity index is 1060. The van der Waals surface area contributed by atoms with Crippen molar-refractivity contribution in [2.75, 3.05) is 0 Å². The molecule has 0 bridgehead atoms. The van der Waals surface area contributed by atoms with E-state index in [0.29, 0.717) is 21.1 Å². The van der Waals surface area contributed by atoms with E-state index in [1.54, 1.807) is 34.9 Å². The number of thiazole rings is 1. The van der Waals surface area contributed by atoms with Crippen LogP contribution in [0.25, 0.3) is 10.2 Å². The van der Waals surface area contributed by atoms with Gasteiger partial charge in [0.05, 0.1) is 27.9 Å². The minimum absolute atomic E-state index is 0.0762. The first-order valence-corrected chi connectivity index (χ1v) is 9.26. The Morgan fingerprint density at radius 3 is 2.69 bits per heavy atom. The number of halogens is 1. The molecule has 6 heteroatoms. The third kappa shape index (κ3) is 3.82. The Hall–Kier alpha value is -2.55. The highest BCUT2D eigenvalue weighted by Gasteiger charge is 2.11. The van der Waals surface area contributed by atoms with Gasteiger partial charge in [-0.2, -0.15) is 4.99 Å². The van der Waals surface area contributed by atoms with Crippen LogP contribution in [-0.2, 0) is 6.54 Å². The van der Waals surface area contributed by atoms with Gasteiger partial charge >= 0.3 is 0 Å². The van der Waals surface area contributed by atoms with Crippen LogP contribution in [0.4, 0.5) is 0 Å². The van der Waals surface area contributed by atoms with Gasteiger partial charge in [0.25, 0.3) is 5.91 Å². The summed E-state index contributed by atoms with van der Waals surface area (Å²) in [7, 11) is 0. The number of rotatable bonds is 4. The highest BCUT2D eigenvalue weighted by molar-refractivity contribution is 7.16. The second-order valence-corrected chi connectivity index (χ2v) is 7.29. The Kier molecular flexibility index (Phi) is 5.46. The van der Waals surface area contributed by atoms with Gasteiger partial charge in [0, 0.05) is 5.56 Å². The molecule has 0 saturated carbocycles. The van der Waals surface area contributed by atoms with Gasteiger partial charge in [0.1, 0.15) is 5.75 Å². The third-order valence-corrected chi connectivity index (χ3v) is 4.92. The second kappa shape index (κ2) is 7.77. The first-order valence-electron chi connectivity index (χ1n) is 8.06. The molecule has 4 nitrogen and oxygen atoms in total. The van der Waals surface area contributed by atoms with E-state index in [1.807, 2.05) is 26.0 Å². The molecule has 132 valence electrons. The number of hydrogen-bond acceptors (Lipinski definition) is 3. The number of para-hydroxylation sites is 1. The van der Waals surface area contributed by atoms with Gasteiger partial charge in [-0.05, 0) is 50.2 Å². The molecule has 0 N–H and O–H groups in total. The van der Waals surface area contributed by atoms with Crippen molar-refractivity contribution in [3.05, 3.63) is 57.9 Å². The van der Waals surface area contributed by atoms with E-state index in [1.165, 1.54) is 11.3 Å². The minimum atomic E-state index is -0.338. The number of carbonyl (C=O) groups excluding carboxylic acids is 1. The van der Waals surface area contributed by atoms with Crippen LogP contribution in [0.15, 0.2) is 47.5 Å². The number of terminal acetylenes is 1. The van der Waals surface area contributed by atoms with Crippen LogP contribution in [0.1, 0.15) is 24.2 Å². The molecule has 3 aromatic rings. The zero-order valence-electron chi connectivity index (χ0n) is 14.4. The van der Waals surface area contributed by atoms with E-state index in [4.69, 9.17) is 22.8 Å². The van der Waals surface area contributed by atoms with Gasteiger partial charge in [-0.3, -0.25) is 4.79 Å². The summed E-state index contributed by atoms with van der Waals surface area (Å²) in [4.78, 5) is 17.4. The maximum absolute atomic E-state index is 12.6. The monoisotopic (exact) mass is 384 g/mol. The Morgan fingerprint density at radius 1 is 1.31 bits per heavy atom. The van der Waals surface area contributed by atoms with Crippen LogP contribution < -0.4 is 9.54 Å². The van der Waals surface area contributed by atoms with E-state index < -0.39 is 0 Å². The molecule has 3 rings (SSSR count). The van der Waals surface area contributed by atoms with Gasteiger partial charge in [0.2, 0.25) is 0 Å². The predicted molar refractivity (Wildman–Crippen MR) is 106 cm³/mol. The molecular weight excluding hydrogens is 368 g/mol. The summed E-state index contributed by atoms with van der Waals surface area (Å²) in [6, 6.07) is 12.5. The van der Waals surface area contributed by atoms with Gasteiger partial charge in [0.15, 0.2) is 4.80 Å². The second-order valence-electron chi connectivity index (χ2n) is 5.87. The molecule has 1 aromatic heterocycles. The van der Waals surface area contributed by atoms with Crippen molar-refractivity contribution in [3.8, 4) is 18.1 Å². The fraction of sp³-hybridized carbons (Fsp3) is 0.200. The molecule has 0 saturated heterocycles. The van der Waals surface area contributed by atoms with Crippen LogP contribution >= 0.6 is 22.9 Å². The molecular formula is C20H17ClN2O2S. The molecule has 0 unspecified atom stereocenters. The summed E-state index contributed by atoms with van der Waals surface area (Å²) in [6.07, 6.45) is 5.55. The van der Waals surface area contributed by atoms with Crippen LogP contribution in [0, 0.1) is 12.3 Å². The lowest BCUT2D eigenvalue weighted by Crippen LogP contribution is -2.16. The molecule has 2 aromatic carbocycles. The van der Waals surface area contributed by atoms with Crippen LogP contribution in [0.3, 0.4) is 0 Å². The normalized spacial score (nSPS) is 11.7. The van der Waals surface area contributed by atoms with Crippen LogP contribution in [0.2, 0.25) is 5.02 Å². The number of ether oxygens (including phenoxy) is 1. The van der Waals surface area contributed by atoms with Crippen LogP contribution in [-0.4, -0.2) is 16.6 Å². The molecule has 0 spiro atoms. The Morgan fingerprint density at radius 2 is 2.04 bits per heavy atom. The lowest BCUT2D eigenvalue weighted by Gasteiger charge is -2.09. The van der Waals surface area contributed by atoms with E-state index in [-0.39, 0.29) is 18.6 Å². The molecule has 0 fully saturated rings. The van der Waals surface area contributed by atoms with Gasteiger partial charge in [-0.25, -0.2) is 0 Å². The van der Waals surface area contributed by atoms with E-state index in [0.717, 1.165) is 10.2 Å². The summed E-state index contributed by atoms with van der Waals surface area (Å²) in [5.41, 5.74) is 1.28. The smallest absolute Gasteiger partial charge is 0.279 e. The van der Waals surface area contributed by atoms with Crippen molar-refractivity contribution >= 4 is 39.1 Å². The van der Waals surface area contributed by atoms with E-state index >= 15 is 0 Å². The summed E-state index contributed by atoms with van der Waals surface area (Å²) >= 11 is 7.68. The number of fused-ring (bicyclic) bond motifs is 1. The highest BCUT2D eigenvalue weighted by Crippen LogP contribution is 2.25. The number of benzene rings is 2. The zero-order chi connectivity index (χ0) is 18.7. The van der Waals surface area contributed by atoms with Crippen molar-refractivity contribution in [3.63, 3.8) is 0 Å². The maximum atomic E-state index is 12.6. The fourth-order valence-electron chi connectivity index (χ4n) is 2.51. The Balaban J connectivity index is 2.01. The molecule has 0 aliphatic heterocycles. The first kappa shape index (κ1) is 18.2. The number of carbonyl (C=O) groups is 1. The van der Waals surface area contributed by atoms with Crippen molar-refractivity contribution in [1.82, 2.24) is 4.57 Å². The highest BCUT2D eigenvalue weighted by atomic mass is 35.5. The van der Waals surface area contributed by atoms with E-state index in [9.17, 15) is 4.79 Å². The molecule has 0 atom stereocenters. The lowest BCUT2D eigenvalue weighted by molar-refractivity contribution is 0.0998. The van der Waals surface area contributed by atoms with Crippen molar-refractivity contribution in [2.24, 2.45) is 4.99 Å². The summed E-state index contributed by atoms with van der Waals surface area (Å²) in [6.45, 7) is 4.19. The summed E-state index contributed by atoms with van der Waals surface area (Å²) < 4.78 is 8.31. The summed E-state index contributed by atoms with van der Waals surface area (Å²) in [5.74, 6) is 2.97. The standard InChI is InChI=1S/C20H17ClN2O2S/c1-4-12-23-18-16(21)6-5-7-17(18)26-20(23)22-19(24)14-8-10-15(11-9-14)25-13(2)3/h1,5-11,13H,12H2,2-3H3. The largest absolute Gasteiger partial charge is 0.491 e. The molecule has 26 heavy (non-hydrogen) atoms. The Labute approximate surface area is 160 Å². The quantitative estimate of drug-likeness (QED) is 0.621. The summed E-state index contributed by atoms with van der Waals surface area (Å²) in [5, 5.41) is 0.582. The van der Waals surface area contributed by atoms with Gasteiger partial charge < -0.3 is 9.30 Å². The molecule has 1 amide bonds. The average molecular weight is 385 g/mol. The van der Waals surface area contributed by atoms with Crippen LogP contribution in [0.5, 0.6) is 5.75 Å². The van der Waals surface area contributed by atoms with Crippen molar-refractivity contribution in [2.45, 2.75) is 26.5 Å². The lowest BCUT2D eigenvalue weighted by atomic mass is 10.2. The first-order chi connectivity index (χ1) is 12.5. The molecule has 0 aliphatic carbocycles. The predicted octanol–water partition coefficient (Wildman–Crippen LogP) is 4.52. The van der Waals surface area contributed by atoms with Gasteiger partial charge in [-0.15, -0.1) is 6.42 Å². The minimum Gasteiger partial charge on any atom is -0.491 e. The SMILES string of the molecule is C#CCn1c(=NC(=O)c2ccc(OC(C)C)cc2)sc2cccc(Cl)c21. The maximum Gasteiger partial charge on any atom is 0.279 e. The fourth-order valence-corrected chi connectivity index (χ4v) is 3.90. The average Bonchev–Trinajstić information content (AvgIpc) is 2.94. The third-order valence-electron chi connectivity index (χ3n) is 3.57. The molecule has 1 heterocycles. The zero-order valence-corrected chi connectivity index (χ0v) is 16.0. The topological polar surface area (TPSA) is 43.6 Å². The van der Waals surface area contributed by atoms with Crippen molar-refractivity contribution < 1.29 is 9.53 Å². The number of aromatic nitrogens is 1.